The van der Waals surface area contributed by atoms with Crippen LogP contribution < -0.4 is 5.32 Å². The van der Waals surface area contributed by atoms with E-state index in [4.69, 9.17) is 23.2 Å². The first kappa shape index (κ1) is 19.6. The van der Waals surface area contributed by atoms with Gasteiger partial charge in [0.25, 0.3) is 5.91 Å². The van der Waals surface area contributed by atoms with Gasteiger partial charge in [-0.3, -0.25) is 14.2 Å². The monoisotopic (exact) mass is 449 g/mol. The number of nitrogens with zero attached hydrogens (tertiary/aromatic N) is 4. The average molecular weight is 450 g/mol. The molecular formula is C19H14Cl2FN5OS. The lowest BCUT2D eigenvalue weighted by atomic mass is 10.2. The third-order valence-corrected chi connectivity index (χ3v) is 5.48. The second kappa shape index (κ2) is 8.36. The molecule has 4 aromatic rings. The molecule has 0 unspecified atom stereocenters. The van der Waals surface area contributed by atoms with E-state index in [1.54, 1.807) is 46.2 Å². The van der Waals surface area contributed by atoms with E-state index in [-0.39, 0.29) is 17.5 Å². The Morgan fingerprint density at radius 2 is 1.86 bits per heavy atom. The van der Waals surface area contributed by atoms with Crippen LogP contribution in [0.4, 0.5) is 10.2 Å². The number of aromatic nitrogens is 4. The number of halogens is 3. The van der Waals surface area contributed by atoms with Gasteiger partial charge in [-0.05, 0) is 34.7 Å². The third kappa shape index (κ3) is 4.84. The molecular weight excluding hydrogens is 436 g/mol. The van der Waals surface area contributed by atoms with Gasteiger partial charge in [0.2, 0.25) is 0 Å². The Morgan fingerprint density at radius 3 is 2.59 bits per heavy atom. The van der Waals surface area contributed by atoms with Gasteiger partial charge in [-0.25, -0.2) is 4.39 Å². The summed E-state index contributed by atoms with van der Waals surface area (Å²) in [5, 5.41) is 13.9. The summed E-state index contributed by atoms with van der Waals surface area (Å²) in [6.45, 7) is 0.926. The van der Waals surface area contributed by atoms with Gasteiger partial charge in [0.15, 0.2) is 5.82 Å². The Bertz CT molecular complexity index is 1150. The molecule has 3 aromatic heterocycles. The van der Waals surface area contributed by atoms with Gasteiger partial charge in [-0.15, -0.1) is 11.3 Å². The van der Waals surface area contributed by atoms with Crippen molar-refractivity contribution in [3.63, 3.8) is 0 Å². The van der Waals surface area contributed by atoms with Gasteiger partial charge in [0, 0.05) is 12.4 Å². The number of hydrogen-bond acceptors (Lipinski definition) is 4. The standard InChI is InChI=1S/C19H14Cl2FN5OS/c20-14-6-23-26(9-14)8-13-5-17(29-11-13)19(28)24-18-16(21)10-27(25-18)7-12-1-3-15(22)4-2-12/h1-6,9-11H,7-8H2,(H,24,25,28). The zero-order valence-electron chi connectivity index (χ0n) is 14.8. The van der Waals surface area contributed by atoms with E-state index >= 15 is 0 Å². The molecule has 148 valence electrons. The van der Waals surface area contributed by atoms with Crippen LogP contribution in [0.2, 0.25) is 10.0 Å². The van der Waals surface area contributed by atoms with Crippen LogP contribution in [0, 0.1) is 5.82 Å². The minimum absolute atomic E-state index is 0.271. The highest BCUT2D eigenvalue weighted by atomic mass is 35.5. The number of benzene rings is 1. The van der Waals surface area contributed by atoms with E-state index in [0.717, 1.165) is 11.1 Å². The van der Waals surface area contributed by atoms with E-state index in [9.17, 15) is 9.18 Å². The topological polar surface area (TPSA) is 64.7 Å². The number of anilines is 1. The fraction of sp³-hybridized carbons (Fsp3) is 0.105. The van der Waals surface area contributed by atoms with E-state index < -0.39 is 0 Å². The first-order valence-electron chi connectivity index (χ1n) is 8.50. The number of hydrogen-bond donors (Lipinski definition) is 1. The van der Waals surface area contributed by atoms with Crippen LogP contribution in [0.3, 0.4) is 0 Å². The molecule has 0 aliphatic carbocycles. The Balaban J connectivity index is 1.42. The van der Waals surface area contributed by atoms with Gasteiger partial charge < -0.3 is 5.32 Å². The number of thiophene rings is 1. The fourth-order valence-corrected chi connectivity index (χ4v) is 3.85. The average Bonchev–Trinajstić information content (AvgIpc) is 3.39. The van der Waals surface area contributed by atoms with Crippen molar-refractivity contribution in [1.29, 1.82) is 0 Å². The van der Waals surface area contributed by atoms with Crippen molar-refractivity contribution in [2.24, 2.45) is 0 Å². The Kier molecular flexibility index (Phi) is 5.66. The molecule has 0 fully saturated rings. The van der Waals surface area contributed by atoms with Crippen LogP contribution in [0.5, 0.6) is 0 Å². The van der Waals surface area contributed by atoms with Crippen molar-refractivity contribution < 1.29 is 9.18 Å². The van der Waals surface area contributed by atoms with Crippen LogP contribution in [-0.2, 0) is 13.1 Å². The Morgan fingerprint density at radius 1 is 1.10 bits per heavy atom. The molecule has 0 radical (unpaired) electrons. The van der Waals surface area contributed by atoms with Crippen LogP contribution >= 0.6 is 34.5 Å². The quantitative estimate of drug-likeness (QED) is 0.453. The Labute approximate surface area is 179 Å². The summed E-state index contributed by atoms with van der Waals surface area (Å²) in [7, 11) is 0. The van der Waals surface area contributed by atoms with Crippen LogP contribution in [0.15, 0.2) is 54.3 Å². The van der Waals surface area contributed by atoms with Crippen molar-refractivity contribution in [3.05, 3.63) is 86.2 Å². The Hall–Kier alpha value is -2.68. The van der Waals surface area contributed by atoms with Crippen LogP contribution in [0.1, 0.15) is 20.8 Å². The summed E-state index contributed by atoms with van der Waals surface area (Å²) in [5.74, 6) is -0.326. The molecule has 0 bridgehead atoms. The van der Waals surface area contributed by atoms with Gasteiger partial charge in [-0.2, -0.15) is 10.2 Å². The van der Waals surface area contributed by atoms with Gasteiger partial charge in [0.1, 0.15) is 10.8 Å². The zero-order chi connectivity index (χ0) is 20.4. The van der Waals surface area contributed by atoms with Crippen molar-refractivity contribution in [1.82, 2.24) is 19.6 Å². The summed E-state index contributed by atoms with van der Waals surface area (Å²) in [6.07, 6.45) is 4.89. The molecule has 0 saturated carbocycles. The number of amides is 1. The molecule has 1 aromatic carbocycles. The summed E-state index contributed by atoms with van der Waals surface area (Å²) >= 11 is 13.4. The van der Waals surface area contributed by atoms with E-state index in [2.05, 4.69) is 15.5 Å². The van der Waals surface area contributed by atoms with Crippen molar-refractivity contribution in [3.8, 4) is 0 Å². The number of rotatable bonds is 6. The highest BCUT2D eigenvalue weighted by molar-refractivity contribution is 7.12. The minimum Gasteiger partial charge on any atom is -0.303 e. The normalized spacial score (nSPS) is 11.0. The summed E-state index contributed by atoms with van der Waals surface area (Å²) in [4.78, 5) is 13.1. The minimum atomic E-state index is -0.300. The maximum absolute atomic E-state index is 13.0. The molecule has 10 heteroatoms. The SMILES string of the molecule is O=C(Nc1nn(Cc2ccc(F)cc2)cc1Cl)c1cc(Cn2cc(Cl)cn2)cs1. The second-order valence-corrected chi connectivity index (χ2v) is 8.03. The first-order valence-corrected chi connectivity index (χ1v) is 10.1. The molecule has 0 spiro atoms. The molecule has 29 heavy (non-hydrogen) atoms. The molecule has 0 aliphatic heterocycles. The first-order chi connectivity index (χ1) is 14.0. The highest BCUT2D eigenvalue weighted by Gasteiger charge is 2.15. The van der Waals surface area contributed by atoms with Crippen LogP contribution in [0.25, 0.3) is 0 Å². The molecule has 0 aliphatic rings. The summed E-state index contributed by atoms with van der Waals surface area (Å²) < 4.78 is 16.3. The molecule has 0 saturated heterocycles. The largest absolute Gasteiger partial charge is 0.303 e. The lowest BCUT2D eigenvalue weighted by Crippen LogP contribution is -2.12. The molecule has 0 atom stereocenters. The number of carbonyl (C=O) groups is 1. The predicted molar refractivity (Wildman–Crippen MR) is 111 cm³/mol. The van der Waals surface area contributed by atoms with Crippen molar-refractivity contribution >= 4 is 46.3 Å². The second-order valence-electron chi connectivity index (χ2n) is 6.28. The molecule has 6 nitrogen and oxygen atoms in total. The van der Waals surface area contributed by atoms with E-state index in [1.165, 1.54) is 23.5 Å². The number of carbonyl (C=O) groups excluding carboxylic acids is 1. The van der Waals surface area contributed by atoms with E-state index in [0.29, 0.717) is 28.0 Å². The maximum atomic E-state index is 13.0. The molecule has 3 heterocycles. The number of nitrogens with one attached hydrogen (secondary N) is 1. The molecule has 4 rings (SSSR count). The van der Waals surface area contributed by atoms with Gasteiger partial charge >= 0.3 is 0 Å². The van der Waals surface area contributed by atoms with Crippen LogP contribution in [-0.4, -0.2) is 25.5 Å². The highest BCUT2D eigenvalue weighted by Crippen LogP contribution is 2.23. The van der Waals surface area contributed by atoms with Crippen molar-refractivity contribution in [2.75, 3.05) is 5.32 Å². The van der Waals surface area contributed by atoms with Crippen molar-refractivity contribution in [2.45, 2.75) is 13.1 Å². The third-order valence-electron chi connectivity index (χ3n) is 4.03. The molecule has 1 N–H and O–H groups in total. The lowest BCUT2D eigenvalue weighted by molar-refractivity contribution is 0.103. The van der Waals surface area contributed by atoms with E-state index in [1.807, 2.05) is 5.38 Å². The van der Waals surface area contributed by atoms with Gasteiger partial charge in [0.05, 0.1) is 29.2 Å². The fourth-order valence-electron chi connectivity index (χ4n) is 2.70. The predicted octanol–water partition coefficient (Wildman–Crippen LogP) is 4.94. The maximum Gasteiger partial charge on any atom is 0.266 e. The lowest BCUT2D eigenvalue weighted by Gasteiger charge is -2.02. The summed E-state index contributed by atoms with van der Waals surface area (Å²) in [5.41, 5.74) is 1.80. The molecule has 1 amide bonds. The zero-order valence-corrected chi connectivity index (χ0v) is 17.2. The van der Waals surface area contributed by atoms with Gasteiger partial charge in [-0.1, -0.05) is 35.3 Å². The summed E-state index contributed by atoms with van der Waals surface area (Å²) in [6, 6.07) is 7.90. The smallest absolute Gasteiger partial charge is 0.266 e.